The van der Waals surface area contributed by atoms with Crippen molar-refractivity contribution in [3.05, 3.63) is 29.8 Å². The van der Waals surface area contributed by atoms with Gasteiger partial charge >= 0.3 is 5.97 Å². The molecule has 1 amide bonds. The Morgan fingerprint density at radius 3 is 2.60 bits per heavy atom. The average Bonchev–Trinajstić information content (AvgIpc) is 2.61. The Balaban J connectivity index is 1.77. The van der Waals surface area contributed by atoms with Gasteiger partial charge in [0.25, 0.3) is 0 Å². The number of hydrogen-bond donors (Lipinski definition) is 1. The molecule has 0 radical (unpaired) electrons. The number of carbonyl (C=O) groups is 2. The second-order valence-electron chi connectivity index (χ2n) is 6.02. The summed E-state index contributed by atoms with van der Waals surface area (Å²) in [6.07, 6.45) is -0.643. The van der Waals surface area contributed by atoms with E-state index in [1.54, 1.807) is 43.0 Å². The van der Waals surface area contributed by atoms with Crippen LogP contribution in [0.25, 0.3) is 0 Å². The fourth-order valence-corrected chi connectivity index (χ4v) is 2.72. The molecule has 1 heterocycles. The van der Waals surface area contributed by atoms with Crippen LogP contribution in [0.1, 0.15) is 24.2 Å². The van der Waals surface area contributed by atoms with Gasteiger partial charge in [-0.25, -0.2) is 4.79 Å². The molecule has 1 aromatic rings. The van der Waals surface area contributed by atoms with E-state index in [-0.39, 0.29) is 12.5 Å². The van der Waals surface area contributed by atoms with Crippen LogP contribution in [0.15, 0.2) is 24.3 Å². The highest BCUT2D eigenvalue weighted by Crippen LogP contribution is 2.15. The maximum atomic E-state index is 11.7. The third-order valence-corrected chi connectivity index (χ3v) is 4.07. The van der Waals surface area contributed by atoms with Crippen molar-refractivity contribution in [1.29, 1.82) is 0 Å². The molecule has 0 saturated carbocycles. The number of rotatable bonds is 7. The Bertz CT molecular complexity index is 585. The maximum Gasteiger partial charge on any atom is 0.338 e. The van der Waals surface area contributed by atoms with E-state index in [9.17, 15) is 14.7 Å². The van der Waals surface area contributed by atoms with Gasteiger partial charge in [0, 0.05) is 39.6 Å². The van der Waals surface area contributed by atoms with Gasteiger partial charge in [0.05, 0.1) is 12.2 Å². The summed E-state index contributed by atoms with van der Waals surface area (Å²) in [4.78, 5) is 26.9. The molecule has 2 rings (SSSR count). The summed E-state index contributed by atoms with van der Waals surface area (Å²) < 4.78 is 10.5. The minimum atomic E-state index is -0.643. The fraction of sp³-hybridized carbons (Fsp3) is 0.556. The molecule has 0 aromatic heterocycles. The lowest BCUT2D eigenvalue weighted by Gasteiger charge is -2.35. The Hall–Kier alpha value is -2.12. The predicted molar refractivity (Wildman–Crippen MR) is 92.6 cm³/mol. The van der Waals surface area contributed by atoms with Gasteiger partial charge in [-0.05, 0) is 25.1 Å². The zero-order valence-electron chi connectivity index (χ0n) is 14.8. The van der Waals surface area contributed by atoms with Crippen LogP contribution in [0.2, 0.25) is 0 Å². The first-order valence-electron chi connectivity index (χ1n) is 8.55. The van der Waals surface area contributed by atoms with E-state index in [2.05, 4.69) is 4.90 Å². The molecular weight excluding hydrogens is 324 g/mol. The number of aliphatic hydroxyl groups is 1. The lowest BCUT2D eigenvalue weighted by atomic mass is 10.2. The van der Waals surface area contributed by atoms with E-state index in [0.29, 0.717) is 37.6 Å². The number of ether oxygens (including phenoxy) is 2. The quantitative estimate of drug-likeness (QED) is 0.732. The standard InChI is InChI=1S/C18H26N2O5/c1-3-24-18(23)15-5-4-6-17(11-15)25-13-16(22)12-19-7-9-20(10-8-19)14(2)21/h4-6,11,16,22H,3,7-10,12-13H2,1-2H3/t16-/m0/s1. The predicted octanol–water partition coefficient (Wildman–Crippen LogP) is 0.767. The van der Waals surface area contributed by atoms with Gasteiger partial charge in [-0.2, -0.15) is 0 Å². The van der Waals surface area contributed by atoms with Gasteiger partial charge in [0.2, 0.25) is 5.91 Å². The monoisotopic (exact) mass is 350 g/mol. The highest BCUT2D eigenvalue weighted by Gasteiger charge is 2.20. The Morgan fingerprint density at radius 1 is 1.24 bits per heavy atom. The average molecular weight is 350 g/mol. The Kier molecular flexibility index (Phi) is 7.21. The molecule has 0 spiro atoms. The highest BCUT2D eigenvalue weighted by molar-refractivity contribution is 5.89. The summed E-state index contributed by atoms with van der Waals surface area (Å²) >= 11 is 0. The fourth-order valence-electron chi connectivity index (χ4n) is 2.72. The zero-order valence-corrected chi connectivity index (χ0v) is 14.8. The minimum Gasteiger partial charge on any atom is -0.491 e. The molecule has 0 unspecified atom stereocenters. The first-order valence-corrected chi connectivity index (χ1v) is 8.55. The summed E-state index contributed by atoms with van der Waals surface area (Å²) in [6.45, 7) is 7.13. The van der Waals surface area contributed by atoms with Gasteiger partial charge in [-0.15, -0.1) is 0 Å². The molecule has 0 aliphatic carbocycles. The van der Waals surface area contributed by atoms with Crippen LogP contribution < -0.4 is 4.74 Å². The molecule has 1 saturated heterocycles. The summed E-state index contributed by atoms with van der Waals surface area (Å²) in [6, 6.07) is 6.72. The van der Waals surface area contributed by atoms with Gasteiger partial charge in [-0.3, -0.25) is 9.69 Å². The van der Waals surface area contributed by atoms with Crippen LogP contribution in [0, 0.1) is 0 Å². The van der Waals surface area contributed by atoms with Crippen LogP contribution in [0.4, 0.5) is 0 Å². The third-order valence-electron chi connectivity index (χ3n) is 4.07. The molecule has 1 aliphatic heterocycles. The number of aliphatic hydroxyl groups excluding tert-OH is 1. The number of β-amino-alcohol motifs (C(OH)–C–C–N with tert-alkyl or cyclic N) is 1. The van der Waals surface area contributed by atoms with Crippen LogP contribution in [-0.4, -0.2) is 78.8 Å². The van der Waals surface area contributed by atoms with Crippen LogP contribution in [-0.2, 0) is 9.53 Å². The smallest absolute Gasteiger partial charge is 0.338 e. The lowest BCUT2D eigenvalue weighted by molar-refractivity contribution is -0.130. The van der Waals surface area contributed by atoms with Crippen molar-refractivity contribution in [1.82, 2.24) is 9.80 Å². The summed E-state index contributed by atoms with van der Waals surface area (Å²) in [5.74, 6) is 0.216. The van der Waals surface area contributed by atoms with Crippen LogP contribution >= 0.6 is 0 Å². The van der Waals surface area contributed by atoms with Gasteiger partial charge in [-0.1, -0.05) is 6.07 Å². The second kappa shape index (κ2) is 9.39. The molecule has 1 N–H and O–H groups in total. The summed E-state index contributed by atoms with van der Waals surface area (Å²) in [5, 5.41) is 10.2. The molecule has 1 aromatic carbocycles. The van der Waals surface area contributed by atoms with Gasteiger partial charge < -0.3 is 19.5 Å². The molecule has 1 aliphatic rings. The van der Waals surface area contributed by atoms with Crippen molar-refractivity contribution in [3.8, 4) is 5.75 Å². The van der Waals surface area contributed by atoms with Crippen molar-refractivity contribution >= 4 is 11.9 Å². The molecule has 1 atom stereocenters. The van der Waals surface area contributed by atoms with E-state index in [0.717, 1.165) is 13.1 Å². The number of benzene rings is 1. The second-order valence-corrected chi connectivity index (χ2v) is 6.02. The lowest BCUT2D eigenvalue weighted by Crippen LogP contribution is -2.50. The number of amides is 1. The molecule has 25 heavy (non-hydrogen) atoms. The van der Waals surface area contributed by atoms with E-state index >= 15 is 0 Å². The van der Waals surface area contributed by atoms with Crippen molar-refractivity contribution in [3.63, 3.8) is 0 Å². The summed E-state index contributed by atoms with van der Waals surface area (Å²) in [5.41, 5.74) is 0.425. The zero-order chi connectivity index (χ0) is 18.2. The van der Waals surface area contributed by atoms with E-state index in [4.69, 9.17) is 9.47 Å². The van der Waals surface area contributed by atoms with Crippen molar-refractivity contribution in [2.45, 2.75) is 20.0 Å². The van der Waals surface area contributed by atoms with Gasteiger partial charge in [0.15, 0.2) is 0 Å². The van der Waals surface area contributed by atoms with E-state index in [1.165, 1.54) is 0 Å². The third kappa shape index (κ3) is 6.03. The number of esters is 1. The maximum absolute atomic E-state index is 11.7. The molecule has 0 bridgehead atoms. The number of carbonyl (C=O) groups excluding carboxylic acids is 2. The van der Waals surface area contributed by atoms with Crippen LogP contribution in [0.5, 0.6) is 5.75 Å². The largest absolute Gasteiger partial charge is 0.491 e. The minimum absolute atomic E-state index is 0.0880. The van der Waals surface area contributed by atoms with Crippen LogP contribution in [0.3, 0.4) is 0 Å². The Labute approximate surface area is 148 Å². The number of piperazine rings is 1. The molecule has 7 heteroatoms. The van der Waals surface area contributed by atoms with Crippen molar-refractivity contribution in [2.75, 3.05) is 45.9 Å². The normalized spacial score (nSPS) is 16.4. The molecule has 1 fully saturated rings. The van der Waals surface area contributed by atoms with Crippen molar-refractivity contribution < 1.29 is 24.2 Å². The number of nitrogens with zero attached hydrogens (tertiary/aromatic N) is 2. The summed E-state index contributed by atoms with van der Waals surface area (Å²) in [7, 11) is 0. The van der Waals surface area contributed by atoms with E-state index in [1.807, 2.05) is 0 Å². The van der Waals surface area contributed by atoms with Crippen molar-refractivity contribution in [2.24, 2.45) is 0 Å². The Morgan fingerprint density at radius 2 is 1.96 bits per heavy atom. The number of hydrogen-bond acceptors (Lipinski definition) is 6. The molecule has 7 nitrogen and oxygen atoms in total. The highest BCUT2D eigenvalue weighted by atomic mass is 16.5. The first kappa shape index (κ1) is 19.2. The first-order chi connectivity index (χ1) is 12.0. The van der Waals surface area contributed by atoms with E-state index < -0.39 is 12.1 Å². The molecular formula is C18H26N2O5. The molecule has 138 valence electrons. The SMILES string of the molecule is CCOC(=O)c1cccc(OC[C@@H](O)CN2CCN(C(C)=O)CC2)c1. The van der Waals surface area contributed by atoms with Gasteiger partial charge in [0.1, 0.15) is 18.5 Å². The topological polar surface area (TPSA) is 79.3 Å².